The number of aryl methyl sites for hydroxylation is 1. The van der Waals surface area contributed by atoms with Gasteiger partial charge in [0.15, 0.2) is 12.4 Å². The maximum atomic E-state index is 13.4. The van der Waals surface area contributed by atoms with Gasteiger partial charge in [0.25, 0.3) is 5.91 Å². The van der Waals surface area contributed by atoms with Gasteiger partial charge in [0.1, 0.15) is 5.82 Å². The van der Waals surface area contributed by atoms with Crippen LogP contribution in [-0.2, 0) is 13.2 Å². The summed E-state index contributed by atoms with van der Waals surface area (Å²) >= 11 is 6.16. The number of amides is 1. The highest BCUT2D eigenvalue weighted by Gasteiger charge is 2.18. The first-order valence-corrected chi connectivity index (χ1v) is 11.4. The number of nitrogens with zero attached hydrogens (tertiary/aromatic N) is 8. The SMILES string of the molecule is Cc1nn(Cc2ccc(F)cc2Cl)c(C)c1NC(=O)c1ccn(Cn2nnc(-c3ccccc3)n2)n1. The molecule has 1 amide bonds. The number of aromatic nitrogens is 8. The van der Waals surface area contributed by atoms with E-state index in [4.69, 9.17) is 11.6 Å². The summed E-state index contributed by atoms with van der Waals surface area (Å²) in [5.41, 5.74) is 3.76. The summed E-state index contributed by atoms with van der Waals surface area (Å²) in [6.45, 7) is 4.17. The van der Waals surface area contributed by atoms with Crippen molar-refractivity contribution in [3.8, 4) is 11.4 Å². The summed E-state index contributed by atoms with van der Waals surface area (Å²) in [5.74, 6) is -0.276. The lowest BCUT2D eigenvalue weighted by atomic mass is 10.2. The summed E-state index contributed by atoms with van der Waals surface area (Å²) in [7, 11) is 0. The van der Waals surface area contributed by atoms with Crippen molar-refractivity contribution in [2.45, 2.75) is 27.1 Å². The summed E-state index contributed by atoms with van der Waals surface area (Å²) in [4.78, 5) is 14.3. The first-order chi connectivity index (χ1) is 17.4. The van der Waals surface area contributed by atoms with Gasteiger partial charge in [0.05, 0.1) is 23.6 Å². The predicted molar refractivity (Wildman–Crippen MR) is 131 cm³/mol. The second-order valence-corrected chi connectivity index (χ2v) is 8.53. The first kappa shape index (κ1) is 23.4. The van der Waals surface area contributed by atoms with Crippen LogP contribution in [0, 0.1) is 19.7 Å². The van der Waals surface area contributed by atoms with Gasteiger partial charge in [-0.3, -0.25) is 9.48 Å². The van der Waals surface area contributed by atoms with Crippen LogP contribution in [0.2, 0.25) is 5.02 Å². The molecule has 0 atom stereocenters. The van der Waals surface area contributed by atoms with Crippen LogP contribution in [0.3, 0.4) is 0 Å². The highest BCUT2D eigenvalue weighted by atomic mass is 35.5. The lowest BCUT2D eigenvalue weighted by Crippen LogP contribution is -2.16. The Morgan fingerprint density at radius 1 is 1.06 bits per heavy atom. The van der Waals surface area contributed by atoms with Crippen LogP contribution in [0.25, 0.3) is 11.4 Å². The summed E-state index contributed by atoms with van der Waals surface area (Å²) in [6, 6.07) is 15.4. The topological polar surface area (TPSA) is 108 Å². The number of rotatable bonds is 7. The minimum Gasteiger partial charge on any atom is -0.317 e. The number of carbonyl (C=O) groups is 1. The Morgan fingerprint density at radius 2 is 1.86 bits per heavy atom. The largest absolute Gasteiger partial charge is 0.317 e. The maximum absolute atomic E-state index is 13.4. The number of carbonyl (C=O) groups excluding carboxylic acids is 1. The number of halogens is 2. The van der Waals surface area contributed by atoms with Gasteiger partial charge in [-0.1, -0.05) is 48.0 Å². The lowest BCUT2D eigenvalue weighted by molar-refractivity contribution is 0.102. The Labute approximate surface area is 210 Å². The molecule has 2 aromatic carbocycles. The number of tetrazole rings is 1. The van der Waals surface area contributed by atoms with Crippen LogP contribution in [0.4, 0.5) is 10.1 Å². The van der Waals surface area contributed by atoms with E-state index in [9.17, 15) is 9.18 Å². The van der Waals surface area contributed by atoms with Crippen molar-refractivity contribution >= 4 is 23.2 Å². The van der Waals surface area contributed by atoms with Crippen molar-refractivity contribution < 1.29 is 9.18 Å². The van der Waals surface area contributed by atoms with E-state index in [2.05, 4.69) is 30.9 Å². The number of anilines is 1. The molecule has 5 rings (SSSR count). The summed E-state index contributed by atoms with van der Waals surface area (Å²) < 4.78 is 16.6. The maximum Gasteiger partial charge on any atom is 0.276 e. The van der Waals surface area contributed by atoms with Crippen LogP contribution in [0.5, 0.6) is 0 Å². The van der Waals surface area contributed by atoms with E-state index in [1.54, 1.807) is 34.6 Å². The Balaban J connectivity index is 1.27. The third kappa shape index (κ3) is 4.86. The third-order valence-corrected chi connectivity index (χ3v) is 5.94. The van der Waals surface area contributed by atoms with Gasteiger partial charge in [0.2, 0.25) is 5.82 Å². The van der Waals surface area contributed by atoms with Gasteiger partial charge in [-0.2, -0.15) is 10.2 Å². The van der Waals surface area contributed by atoms with Crippen LogP contribution in [-0.4, -0.2) is 45.7 Å². The minimum atomic E-state index is -0.402. The van der Waals surface area contributed by atoms with Gasteiger partial charge in [-0.25, -0.2) is 9.07 Å². The standard InChI is InChI=1S/C24H21ClFN9O/c1-15-22(16(2)34(29-15)13-18-8-9-19(26)12-20(18)25)27-24(36)21-10-11-33(30-21)14-35-31-23(28-32-35)17-6-4-3-5-7-17/h3-12H,13-14H2,1-2H3,(H,27,36). The molecule has 5 aromatic rings. The van der Waals surface area contributed by atoms with Gasteiger partial charge in [-0.15, -0.1) is 15.0 Å². The van der Waals surface area contributed by atoms with Crippen LogP contribution in [0.1, 0.15) is 27.4 Å². The van der Waals surface area contributed by atoms with E-state index < -0.39 is 5.82 Å². The van der Waals surface area contributed by atoms with Crippen LogP contribution in [0.15, 0.2) is 60.8 Å². The van der Waals surface area contributed by atoms with E-state index >= 15 is 0 Å². The fourth-order valence-electron chi connectivity index (χ4n) is 3.72. The molecule has 0 fully saturated rings. The van der Waals surface area contributed by atoms with Crippen molar-refractivity contribution in [1.29, 1.82) is 0 Å². The van der Waals surface area contributed by atoms with E-state index in [1.807, 2.05) is 37.3 Å². The van der Waals surface area contributed by atoms with Gasteiger partial charge in [0, 0.05) is 16.8 Å². The normalized spacial score (nSPS) is 11.1. The molecule has 0 radical (unpaired) electrons. The smallest absolute Gasteiger partial charge is 0.276 e. The molecule has 0 saturated carbocycles. The lowest BCUT2D eigenvalue weighted by Gasteiger charge is -2.08. The Kier molecular flexibility index (Phi) is 6.30. The molecule has 0 aliphatic carbocycles. The van der Waals surface area contributed by atoms with Gasteiger partial charge >= 0.3 is 0 Å². The van der Waals surface area contributed by atoms with Crippen molar-refractivity contribution in [2.75, 3.05) is 5.32 Å². The first-order valence-electron chi connectivity index (χ1n) is 11.0. The number of benzene rings is 2. The van der Waals surface area contributed by atoms with Crippen molar-refractivity contribution in [2.24, 2.45) is 0 Å². The molecule has 10 nitrogen and oxygen atoms in total. The van der Waals surface area contributed by atoms with Crippen LogP contribution >= 0.6 is 11.6 Å². The van der Waals surface area contributed by atoms with E-state index in [1.165, 1.54) is 16.9 Å². The highest BCUT2D eigenvalue weighted by Crippen LogP contribution is 2.24. The molecule has 3 heterocycles. The molecule has 3 aromatic heterocycles. The van der Waals surface area contributed by atoms with Crippen molar-refractivity contribution in [3.05, 3.63) is 94.3 Å². The van der Waals surface area contributed by atoms with E-state index in [0.717, 1.165) is 16.8 Å². The Hall–Kier alpha value is -4.38. The zero-order valence-electron chi connectivity index (χ0n) is 19.4. The molecule has 36 heavy (non-hydrogen) atoms. The minimum absolute atomic E-state index is 0.196. The number of nitrogens with one attached hydrogen (secondary N) is 1. The van der Waals surface area contributed by atoms with Gasteiger partial charge in [-0.05, 0) is 42.8 Å². The molecule has 0 spiro atoms. The van der Waals surface area contributed by atoms with Crippen molar-refractivity contribution in [1.82, 2.24) is 39.8 Å². The number of hydrogen-bond acceptors (Lipinski definition) is 6. The molecule has 0 unspecified atom stereocenters. The second kappa shape index (κ2) is 9.70. The summed E-state index contributed by atoms with van der Waals surface area (Å²) in [5, 5.41) is 24.5. The predicted octanol–water partition coefficient (Wildman–Crippen LogP) is 3.95. The van der Waals surface area contributed by atoms with Crippen LogP contribution < -0.4 is 5.32 Å². The average Bonchev–Trinajstić information content (AvgIpc) is 3.59. The van der Waals surface area contributed by atoms with Gasteiger partial charge < -0.3 is 5.32 Å². The molecular formula is C24H21ClFN9O. The average molecular weight is 506 g/mol. The molecule has 12 heteroatoms. The molecule has 0 bridgehead atoms. The molecule has 0 aliphatic heterocycles. The molecule has 1 N–H and O–H groups in total. The Morgan fingerprint density at radius 3 is 2.64 bits per heavy atom. The fraction of sp³-hybridized carbons (Fsp3) is 0.167. The molecular weight excluding hydrogens is 485 g/mol. The molecule has 0 saturated heterocycles. The monoisotopic (exact) mass is 505 g/mol. The second-order valence-electron chi connectivity index (χ2n) is 8.13. The summed E-state index contributed by atoms with van der Waals surface area (Å²) in [6.07, 6.45) is 1.67. The van der Waals surface area contributed by atoms with E-state index in [0.29, 0.717) is 28.8 Å². The molecule has 0 aliphatic rings. The zero-order chi connectivity index (χ0) is 25.2. The molecule has 182 valence electrons. The number of hydrogen-bond donors (Lipinski definition) is 1. The van der Waals surface area contributed by atoms with E-state index in [-0.39, 0.29) is 18.3 Å². The highest BCUT2D eigenvalue weighted by molar-refractivity contribution is 6.31. The van der Waals surface area contributed by atoms with Crippen molar-refractivity contribution in [3.63, 3.8) is 0 Å². The third-order valence-electron chi connectivity index (χ3n) is 5.58. The Bertz CT molecular complexity index is 1540. The zero-order valence-corrected chi connectivity index (χ0v) is 20.2. The fourth-order valence-corrected chi connectivity index (χ4v) is 3.94. The quantitative estimate of drug-likeness (QED) is 0.359.